The van der Waals surface area contributed by atoms with Gasteiger partial charge in [-0.05, 0) is 105 Å². The maximum Gasteiger partial charge on any atom is 0.221 e. The molecule has 0 amide bonds. The number of hydrogen-bond donors (Lipinski definition) is 0. The molecule has 7 nitrogen and oxygen atoms in total. The van der Waals surface area contributed by atoms with Gasteiger partial charge in [-0.2, -0.15) is 0 Å². The zero-order chi connectivity index (χ0) is 45.9. The Bertz CT molecular complexity index is 4350. The largest absolute Gasteiger partial charge is 0.276 e. The van der Waals surface area contributed by atoms with E-state index in [0.29, 0.717) is 0 Å². The molecular weight excluding hydrogens is 891 g/mol. The average Bonchev–Trinajstić information content (AvgIpc) is 4.23. The van der Waals surface area contributed by atoms with E-state index in [1.165, 1.54) is 40.9 Å². The molecule has 0 unspecified atom stereocenters. The van der Waals surface area contributed by atoms with Gasteiger partial charge in [-0.25, -0.2) is 15.0 Å². The molecule has 6 aromatic heterocycles. The molecule has 0 N–H and O–H groups in total. The molecular formula is C61H39N7SSi. The fraction of sp³-hybridized carbons (Fsp3) is 0. The Labute approximate surface area is 406 Å². The Hall–Kier alpha value is -8.89. The zero-order valence-electron chi connectivity index (χ0n) is 37.6. The minimum absolute atomic E-state index is 0.760. The Kier molecular flexibility index (Phi) is 8.42. The summed E-state index contributed by atoms with van der Waals surface area (Å²) in [4.78, 5) is 16.3. The molecule has 0 aliphatic rings. The van der Waals surface area contributed by atoms with Crippen LogP contribution in [0.25, 0.3) is 98.6 Å². The number of hydrogen-bond acceptors (Lipinski definition) is 4. The Morgan fingerprint density at radius 1 is 0.314 bits per heavy atom. The van der Waals surface area contributed by atoms with E-state index in [2.05, 4.69) is 255 Å². The molecule has 0 bridgehead atoms. The first-order valence-electron chi connectivity index (χ1n) is 23.6. The van der Waals surface area contributed by atoms with Crippen LogP contribution in [0.4, 0.5) is 0 Å². The van der Waals surface area contributed by atoms with Crippen LogP contribution < -0.4 is 20.7 Å². The summed E-state index contributed by atoms with van der Waals surface area (Å²) in [5.74, 6) is 3.13. The normalized spacial score (nSPS) is 12.3. The predicted octanol–water partition coefficient (Wildman–Crippen LogP) is 12.0. The number of rotatable bonds is 7. The smallest absolute Gasteiger partial charge is 0.221 e. The monoisotopic (exact) mass is 929 g/mol. The summed E-state index contributed by atoms with van der Waals surface area (Å²) in [6, 6.07) is 86.2. The second kappa shape index (κ2) is 15.1. The van der Waals surface area contributed by atoms with Crippen LogP contribution in [-0.4, -0.2) is 41.0 Å². The zero-order valence-corrected chi connectivity index (χ0v) is 39.4. The molecule has 0 spiro atoms. The highest BCUT2D eigenvalue weighted by Crippen LogP contribution is 2.36. The van der Waals surface area contributed by atoms with Crippen LogP contribution in [0.3, 0.4) is 0 Å². The minimum Gasteiger partial charge on any atom is -0.276 e. The van der Waals surface area contributed by atoms with Gasteiger partial charge in [-0.1, -0.05) is 164 Å². The lowest BCUT2D eigenvalue weighted by Crippen LogP contribution is -2.74. The molecule has 15 aromatic rings. The number of fused-ring (bicyclic) bond motifs is 13. The van der Waals surface area contributed by atoms with Crippen molar-refractivity contribution >= 4 is 116 Å². The summed E-state index contributed by atoms with van der Waals surface area (Å²) in [5.41, 5.74) is 10.2. The highest BCUT2D eigenvalue weighted by atomic mass is 32.1. The van der Waals surface area contributed by atoms with Gasteiger partial charge in [0.15, 0.2) is 8.07 Å². The van der Waals surface area contributed by atoms with Gasteiger partial charge in [-0.3, -0.25) is 17.9 Å². The summed E-state index contributed by atoms with van der Waals surface area (Å²) in [6.45, 7) is 0. The van der Waals surface area contributed by atoms with Gasteiger partial charge in [0.05, 0.1) is 44.1 Å². The van der Waals surface area contributed by atoms with E-state index in [4.69, 9.17) is 15.0 Å². The van der Waals surface area contributed by atoms with E-state index in [0.717, 1.165) is 78.5 Å². The van der Waals surface area contributed by atoms with Crippen molar-refractivity contribution in [2.45, 2.75) is 0 Å². The summed E-state index contributed by atoms with van der Waals surface area (Å²) in [6.07, 6.45) is 0. The summed E-state index contributed by atoms with van der Waals surface area (Å²) in [7, 11) is -3.01. The molecule has 9 aromatic carbocycles. The van der Waals surface area contributed by atoms with Crippen molar-refractivity contribution in [2.75, 3.05) is 0 Å². The van der Waals surface area contributed by atoms with E-state index < -0.39 is 8.07 Å². The van der Waals surface area contributed by atoms with Gasteiger partial charge in [-0.15, -0.1) is 11.3 Å². The number of thiophene rings is 1. The van der Waals surface area contributed by atoms with Crippen molar-refractivity contribution < 1.29 is 0 Å². The topological polar surface area (TPSA) is 57.4 Å². The molecule has 6 heterocycles. The Balaban J connectivity index is 1.04. The van der Waals surface area contributed by atoms with Crippen LogP contribution in [0.1, 0.15) is 0 Å². The first kappa shape index (κ1) is 39.1. The third-order valence-electron chi connectivity index (χ3n) is 14.3. The molecule has 70 heavy (non-hydrogen) atoms. The molecule has 0 aliphatic heterocycles. The van der Waals surface area contributed by atoms with Crippen LogP contribution in [0.5, 0.6) is 0 Å². The highest BCUT2D eigenvalue weighted by molar-refractivity contribution is 7.26. The molecule has 0 radical (unpaired) electrons. The predicted molar refractivity (Wildman–Crippen MR) is 292 cm³/mol. The van der Waals surface area contributed by atoms with Crippen molar-refractivity contribution in [1.82, 2.24) is 32.9 Å². The standard InChI is InChI=1S/C61H39N7SSi/c1-3-19-42(20-4-1)70(43-21-5-2-6-22-43,45-34-35-57-47(39-45)46-24-7-16-33-56(46)69-57)44-23-17-18-40(36-44)41-37-58(67-54-31-14-12-29-52(54)65-50-27-10-8-25-48(50)62-60(65)67)64-59(38-41)68-55-32-15-13-30-53(55)66-51-28-11-9-26-49(51)63-61(66)68/h1-39H. The molecule has 0 saturated heterocycles. The lowest BCUT2D eigenvalue weighted by atomic mass is 10.1. The van der Waals surface area contributed by atoms with E-state index in [1.54, 1.807) is 0 Å². The summed E-state index contributed by atoms with van der Waals surface area (Å²) >= 11 is 1.87. The van der Waals surface area contributed by atoms with Gasteiger partial charge in [0.1, 0.15) is 11.6 Å². The molecule has 15 rings (SSSR count). The second-order valence-corrected chi connectivity index (χ2v) is 23.0. The number of para-hydroxylation sites is 8. The fourth-order valence-corrected chi connectivity index (χ4v) is 17.2. The van der Waals surface area contributed by atoms with Crippen LogP contribution in [0, 0.1) is 0 Å². The van der Waals surface area contributed by atoms with Gasteiger partial charge in [0, 0.05) is 20.2 Å². The fourth-order valence-electron chi connectivity index (χ4n) is 11.3. The van der Waals surface area contributed by atoms with Gasteiger partial charge >= 0.3 is 0 Å². The van der Waals surface area contributed by atoms with Crippen LogP contribution in [0.2, 0.25) is 0 Å². The van der Waals surface area contributed by atoms with E-state index in [9.17, 15) is 0 Å². The molecule has 9 heteroatoms. The summed E-state index contributed by atoms with van der Waals surface area (Å²) in [5, 5.41) is 7.89. The van der Waals surface area contributed by atoms with Crippen molar-refractivity contribution in [3.05, 3.63) is 237 Å². The first-order chi connectivity index (χ1) is 34.7. The van der Waals surface area contributed by atoms with Crippen LogP contribution in [-0.2, 0) is 0 Å². The maximum atomic E-state index is 5.68. The van der Waals surface area contributed by atoms with Gasteiger partial charge < -0.3 is 0 Å². The number of nitrogens with zero attached hydrogens (tertiary/aromatic N) is 7. The maximum absolute atomic E-state index is 5.68. The van der Waals surface area contributed by atoms with Crippen LogP contribution in [0.15, 0.2) is 237 Å². The van der Waals surface area contributed by atoms with Crippen molar-refractivity contribution in [2.24, 2.45) is 0 Å². The van der Waals surface area contributed by atoms with Crippen molar-refractivity contribution in [3.8, 4) is 22.8 Å². The average molecular weight is 930 g/mol. The number of benzene rings is 9. The van der Waals surface area contributed by atoms with Crippen LogP contribution >= 0.6 is 11.3 Å². The van der Waals surface area contributed by atoms with E-state index >= 15 is 0 Å². The first-order valence-corrected chi connectivity index (χ1v) is 26.4. The second-order valence-electron chi connectivity index (χ2n) is 18.1. The summed E-state index contributed by atoms with van der Waals surface area (Å²) < 4.78 is 11.6. The number of aromatic nitrogens is 7. The third-order valence-corrected chi connectivity index (χ3v) is 20.2. The molecule has 0 atom stereocenters. The minimum atomic E-state index is -3.01. The molecule has 0 aliphatic carbocycles. The van der Waals surface area contributed by atoms with Gasteiger partial charge in [0.2, 0.25) is 11.6 Å². The Morgan fingerprint density at radius 3 is 1.39 bits per heavy atom. The van der Waals surface area contributed by atoms with E-state index in [-0.39, 0.29) is 0 Å². The molecule has 0 saturated carbocycles. The number of pyridine rings is 1. The van der Waals surface area contributed by atoms with Crippen molar-refractivity contribution in [3.63, 3.8) is 0 Å². The highest BCUT2D eigenvalue weighted by Gasteiger charge is 2.42. The van der Waals surface area contributed by atoms with Crippen molar-refractivity contribution in [1.29, 1.82) is 0 Å². The quantitative estimate of drug-likeness (QED) is 0.118. The SMILES string of the molecule is c1ccc([Si](c2ccccc2)(c2cccc(-c3cc(-n4c5ccccc5n5c6ccccc6nc45)nc(-n4c5ccccc5n5c6ccccc6nc45)c3)c2)c2ccc3sc4ccccc4c3c2)cc1. The Morgan fingerprint density at radius 2 is 0.786 bits per heavy atom. The third kappa shape index (κ3) is 5.58. The molecule has 0 fully saturated rings. The number of imidazole rings is 4. The molecule has 328 valence electrons. The lowest BCUT2D eigenvalue weighted by Gasteiger charge is -2.35. The van der Waals surface area contributed by atoms with E-state index in [1.807, 2.05) is 11.3 Å². The van der Waals surface area contributed by atoms with Gasteiger partial charge in [0.25, 0.3) is 0 Å². The lowest BCUT2D eigenvalue weighted by molar-refractivity contribution is 0.983.